The van der Waals surface area contributed by atoms with Crippen molar-refractivity contribution in [1.29, 1.82) is 0 Å². The van der Waals surface area contributed by atoms with Gasteiger partial charge in [0.2, 0.25) is 5.91 Å². The Morgan fingerprint density at radius 2 is 1.75 bits per heavy atom. The van der Waals surface area contributed by atoms with Crippen molar-refractivity contribution in [3.63, 3.8) is 0 Å². The van der Waals surface area contributed by atoms with Crippen LogP contribution in [-0.2, 0) is 9.59 Å². The number of aliphatic carboxylic acids is 1. The van der Waals surface area contributed by atoms with Crippen LogP contribution >= 0.6 is 0 Å². The maximum atomic E-state index is 12.1. The van der Waals surface area contributed by atoms with Gasteiger partial charge in [0.1, 0.15) is 0 Å². The van der Waals surface area contributed by atoms with Crippen molar-refractivity contribution in [2.45, 2.75) is 44.2 Å². The first-order chi connectivity index (χ1) is 7.61. The molecule has 2 rings (SSSR count). The minimum absolute atomic E-state index is 0.0212. The first-order valence-electron chi connectivity index (χ1n) is 5.82. The number of likely N-dealkylation sites (tertiary alicyclic amines) is 1. The monoisotopic (exact) mass is 227 g/mol. The largest absolute Gasteiger partial charge is 0.480 e. The molecule has 2 fully saturated rings. The van der Waals surface area contributed by atoms with E-state index in [1.807, 2.05) is 0 Å². The first-order valence-corrected chi connectivity index (χ1v) is 5.82. The molecule has 2 N–H and O–H groups in total. The standard InChI is InChI=1S/C11H17NO4/c13-8-5-6-12(9(8)11(15)16)10(14)7-3-1-2-4-7/h7-9,13H,1-6H2,(H,15,16)/t8?,9-/m0/s1. The second-order valence-corrected chi connectivity index (χ2v) is 4.65. The van der Waals surface area contributed by atoms with Crippen LogP contribution in [0.5, 0.6) is 0 Å². The normalized spacial score (nSPS) is 30.9. The number of carboxylic acid groups (broad SMARTS) is 1. The molecule has 0 aromatic heterocycles. The Morgan fingerprint density at radius 3 is 2.31 bits per heavy atom. The Morgan fingerprint density at radius 1 is 1.12 bits per heavy atom. The maximum absolute atomic E-state index is 12.1. The minimum atomic E-state index is -1.10. The summed E-state index contributed by atoms with van der Waals surface area (Å²) in [6.45, 7) is 0.369. The predicted molar refractivity (Wildman–Crippen MR) is 55.7 cm³/mol. The summed E-state index contributed by atoms with van der Waals surface area (Å²) in [7, 11) is 0. The molecule has 1 heterocycles. The van der Waals surface area contributed by atoms with Crippen molar-refractivity contribution in [2.24, 2.45) is 5.92 Å². The van der Waals surface area contributed by atoms with E-state index in [0.717, 1.165) is 25.7 Å². The van der Waals surface area contributed by atoms with E-state index in [1.165, 1.54) is 4.90 Å². The van der Waals surface area contributed by atoms with E-state index in [4.69, 9.17) is 5.11 Å². The zero-order valence-electron chi connectivity index (χ0n) is 9.13. The van der Waals surface area contributed by atoms with Gasteiger partial charge in [0.05, 0.1) is 6.10 Å². The molecule has 0 aromatic rings. The van der Waals surface area contributed by atoms with Crippen LogP contribution in [0.2, 0.25) is 0 Å². The third kappa shape index (κ3) is 1.91. The number of hydrogen-bond acceptors (Lipinski definition) is 3. The summed E-state index contributed by atoms with van der Waals surface area (Å²) in [5.41, 5.74) is 0. The van der Waals surface area contributed by atoms with Gasteiger partial charge in [-0.25, -0.2) is 4.79 Å². The number of aliphatic hydroxyl groups excluding tert-OH is 1. The highest BCUT2D eigenvalue weighted by Gasteiger charge is 2.43. The number of carbonyl (C=O) groups is 2. The smallest absolute Gasteiger partial charge is 0.329 e. The molecule has 1 saturated heterocycles. The molecule has 0 aromatic carbocycles. The summed E-state index contributed by atoms with van der Waals surface area (Å²) in [5, 5.41) is 18.5. The summed E-state index contributed by atoms with van der Waals surface area (Å²) >= 11 is 0. The molecule has 2 aliphatic rings. The quantitative estimate of drug-likeness (QED) is 0.707. The van der Waals surface area contributed by atoms with Crippen molar-refractivity contribution in [3.8, 4) is 0 Å². The van der Waals surface area contributed by atoms with E-state index in [-0.39, 0.29) is 11.8 Å². The lowest BCUT2D eigenvalue weighted by atomic mass is 10.1. The summed E-state index contributed by atoms with van der Waals surface area (Å²) < 4.78 is 0. The van der Waals surface area contributed by atoms with E-state index in [2.05, 4.69) is 0 Å². The van der Waals surface area contributed by atoms with Gasteiger partial charge in [0.15, 0.2) is 6.04 Å². The molecule has 1 aliphatic heterocycles. The molecule has 1 amide bonds. The van der Waals surface area contributed by atoms with Crippen LogP contribution in [-0.4, -0.2) is 45.7 Å². The molecular formula is C11H17NO4. The highest BCUT2D eigenvalue weighted by atomic mass is 16.4. The number of amides is 1. The van der Waals surface area contributed by atoms with E-state index in [9.17, 15) is 14.7 Å². The van der Waals surface area contributed by atoms with Crippen LogP contribution < -0.4 is 0 Å². The number of nitrogens with zero attached hydrogens (tertiary/aromatic N) is 1. The van der Waals surface area contributed by atoms with Crippen molar-refractivity contribution in [1.82, 2.24) is 4.90 Å². The summed E-state index contributed by atoms with van der Waals surface area (Å²) in [6.07, 6.45) is 3.27. The summed E-state index contributed by atoms with van der Waals surface area (Å²) in [6, 6.07) is -1.03. The number of carbonyl (C=O) groups excluding carboxylic acids is 1. The SMILES string of the molecule is O=C(O)[C@@H]1C(O)CCN1C(=O)C1CCCC1. The Balaban J connectivity index is 2.07. The van der Waals surface area contributed by atoms with Gasteiger partial charge in [0, 0.05) is 12.5 Å². The van der Waals surface area contributed by atoms with Crippen LogP contribution in [0.4, 0.5) is 0 Å². The van der Waals surface area contributed by atoms with Gasteiger partial charge in [-0.1, -0.05) is 12.8 Å². The topological polar surface area (TPSA) is 77.8 Å². The van der Waals surface area contributed by atoms with E-state index < -0.39 is 18.1 Å². The Labute approximate surface area is 94.0 Å². The lowest BCUT2D eigenvalue weighted by Crippen LogP contribution is -2.46. The highest BCUT2D eigenvalue weighted by Crippen LogP contribution is 2.29. The summed E-state index contributed by atoms with van der Waals surface area (Å²) in [5.74, 6) is -1.20. The number of hydrogen-bond donors (Lipinski definition) is 2. The molecule has 0 bridgehead atoms. The van der Waals surface area contributed by atoms with Gasteiger partial charge in [-0.15, -0.1) is 0 Å². The van der Waals surface area contributed by atoms with E-state index in [0.29, 0.717) is 13.0 Å². The molecule has 5 nitrogen and oxygen atoms in total. The van der Waals surface area contributed by atoms with Crippen LogP contribution in [0.1, 0.15) is 32.1 Å². The molecule has 90 valence electrons. The maximum Gasteiger partial charge on any atom is 0.329 e. The molecule has 16 heavy (non-hydrogen) atoms. The minimum Gasteiger partial charge on any atom is -0.480 e. The number of carboxylic acids is 1. The second kappa shape index (κ2) is 4.41. The van der Waals surface area contributed by atoms with Crippen molar-refractivity contribution in [3.05, 3.63) is 0 Å². The first kappa shape index (κ1) is 11.4. The average molecular weight is 227 g/mol. The van der Waals surface area contributed by atoms with E-state index in [1.54, 1.807) is 0 Å². The second-order valence-electron chi connectivity index (χ2n) is 4.65. The van der Waals surface area contributed by atoms with Crippen LogP contribution in [0.15, 0.2) is 0 Å². The molecule has 2 atom stereocenters. The van der Waals surface area contributed by atoms with Gasteiger partial charge < -0.3 is 15.1 Å². The van der Waals surface area contributed by atoms with Crippen molar-refractivity contribution >= 4 is 11.9 Å². The fourth-order valence-electron chi connectivity index (χ4n) is 2.73. The third-order valence-electron chi connectivity index (χ3n) is 3.61. The van der Waals surface area contributed by atoms with Crippen LogP contribution in [0.3, 0.4) is 0 Å². The fourth-order valence-corrected chi connectivity index (χ4v) is 2.73. The molecule has 5 heteroatoms. The Hall–Kier alpha value is -1.10. The Kier molecular flexibility index (Phi) is 3.14. The highest BCUT2D eigenvalue weighted by molar-refractivity contribution is 5.86. The average Bonchev–Trinajstić information content (AvgIpc) is 2.84. The van der Waals surface area contributed by atoms with E-state index >= 15 is 0 Å². The lowest BCUT2D eigenvalue weighted by Gasteiger charge is -2.25. The molecular weight excluding hydrogens is 210 g/mol. The molecule has 1 aliphatic carbocycles. The van der Waals surface area contributed by atoms with Gasteiger partial charge in [-0.2, -0.15) is 0 Å². The van der Waals surface area contributed by atoms with Crippen LogP contribution in [0, 0.1) is 5.92 Å². The molecule has 0 radical (unpaired) electrons. The van der Waals surface area contributed by atoms with Gasteiger partial charge in [0.25, 0.3) is 0 Å². The van der Waals surface area contributed by atoms with Crippen LogP contribution in [0.25, 0.3) is 0 Å². The number of rotatable bonds is 2. The lowest BCUT2D eigenvalue weighted by molar-refractivity contribution is -0.152. The fraction of sp³-hybridized carbons (Fsp3) is 0.818. The molecule has 1 saturated carbocycles. The third-order valence-corrected chi connectivity index (χ3v) is 3.61. The zero-order valence-corrected chi connectivity index (χ0v) is 9.13. The van der Waals surface area contributed by atoms with Gasteiger partial charge >= 0.3 is 5.97 Å². The van der Waals surface area contributed by atoms with Crippen molar-refractivity contribution < 1.29 is 19.8 Å². The molecule has 0 spiro atoms. The van der Waals surface area contributed by atoms with Crippen molar-refractivity contribution in [2.75, 3.05) is 6.54 Å². The Bertz CT molecular complexity index is 298. The predicted octanol–water partition coefficient (Wildman–Crippen LogP) is 0.223. The molecule has 1 unspecified atom stereocenters. The van der Waals surface area contributed by atoms with Gasteiger partial charge in [-0.05, 0) is 19.3 Å². The summed E-state index contributed by atoms with van der Waals surface area (Å²) in [4.78, 5) is 24.4. The zero-order chi connectivity index (χ0) is 11.7. The van der Waals surface area contributed by atoms with Gasteiger partial charge in [-0.3, -0.25) is 4.79 Å². The number of aliphatic hydroxyl groups is 1.